The third-order valence-corrected chi connectivity index (χ3v) is 3.41. The molecule has 1 aromatic heterocycles. The highest BCUT2D eigenvalue weighted by Gasteiger charge is 2.20. The van der Waals surface area contributed by atoms with Gasteiger partial charge in [0.2, 0.25) is 0 Å². The van der Waals surface area contributed by atoms with Crippen molar-refractivity contribution in [2.45, 2.75) is 31.8 Å². The number of hydrogen-bond donors (Lipinski definition) is 1. The van der Waals surface area contributed by atoms with Crippen LogP contribution in [0.25, 0.3) is 0 Å². The highest BCUT2D eigenvalue weighted by Crippen LogP contribution is 2.20. The summed E-state index contributed by atoms with van der Waals surface area (Å²) in [6.45, 7) is 0.629. The third-order valence-electron chi connectivity index (χ3n) is 3.41. The number of aromatic nitrogens is 1. The van der Waals surface area contributed by atoms with E-state index in [0.29, 0.717) is 12.6 Å². The number of nitrogens with zero attached hydrogens (tertiary/aromatic N) is 1. The van der Waals surface area contributed by atoms with Crippen LogP contribution in [0.4, 0.5) is 4.39 Å². The molecule has 1 aliphatic carbocycles. The van der Waals surface area contributed by atoms with E-state index < -0.39 is 0 Å². The molecule has 2 nitrogen and oxygen atoms in total. The number of rotatable bonds is 5. The molecule has 0 spiro atoms. The Balaban J connectivity index is 1.67. The van der Waals surface area contributed by atoms with Crippen LogP contribution in [0.1, 0.15) is 29.5 Å². The Bertz CT molecular complexity index is 550. The van der Waals surface area contributed by atoms with Crippen LogP contribution < -0.4 is 5.32 Å². The molecule has 0 amide bonds. The summed E-state index contributed by atoms with van der Waals surface area (Å²) in [6, 6.07) is 10.0. The van der Waals surface area contributed by atoms with E-state index in [1.165, 1.54) is 12.8 Å². The second-order valence-electron chi connectivity index (χ2n) is 5.12. The molecule has 0 saturated heterocycles. The van der Waals surface area contributed by atoms with E-state index in [2.05, 4.69) is 10.3 Å². The molecule has 3 rings (SSSR count). The number of pyridine rings is 1. The van der Waals surface area contributed by atoms with Crippen LogP contribution in [0.5, 0.6) is 0 Å². The van der Waals surface area contributed by atoms with E-state index >= 15 is 0 Å². The van der Waals surface area contributed by atoms with Crippen LogP contribution >= 0.6 is 0 Å². The summed E-state index contributed by atoms with van der Waals surface area (Å²) in [5, 5.41) is 3.33. The van der Waals surface area contributed by atoms with Crippen molar-refractivity contribution >= 4 is 0 Å². The minimum absolute atomic E-state index is 0.116. The van der Waals surface area contributed by atoms with Gasteiger partial charge in [0, 0.05) is 30.5 Å². The van der Waals surface area contributed by atoms with Gasteiger partial charge in [0.25, 0.3) is 0 Å². The second-order valence-corrected chi connectivity index (χ2v) is 5.12. The Morgan fingerprint density at radius 2 is 2.11 bits per heavy atom. The van der Waals surface area contributed by atoms with Gasteiger partial charge in [-0.2, -0.15) is 0 Å². The lowest BCUT2D eigenvalue weighted by Gasteiger charge is -2.07. The lowest BCUT2D eigenvalue weighted by Crippen LogP contribution is -2.16. The summed E-state index contributed by atoms with van der Waals surface area (Å²) in [7, 11) is 0. The first-order valence-electron chi connectivity index (χ1n) is 6.71. The zero-order valence-electron chi connectivity index (χ0n) is 10.8. The molecule has 1 aromatic carbocycles. The quantitative estimate of drug-likeness (QED) is 0.889. The maximum atomic E-state index is 14.0. The number of halogens is 1. The maximum absolute atomic E-state index is 14.0. The normalized spacial score (nSPS) is 14.6. The zero-order valence-corrected chi connectivity index (χ0v) is 10.8. The number of hydrogen-bond acceptors (Lipinski definition) is 2. The van der Waals surface area contributed by atoms with Crippen LogP contribution in [0.15, 0.2) is 42.7 Å². The molecular formula is C16H17FN2. The Hall–Kier alpha value is -1.74. The molecule has 19 heavy (non-hydrogen) atoms. The monoisotopic (exact) mass is 256 g/mol. The van der Waals surface area contributed by atoms with Crippen LogP contribution in [-0.4, -0.2) is 11.0 Å². The van der Waals surface area contributed by atoms with Gasteiger partial charge in [-0.1, -0.05) is 18.2 Å². The molecular weight excluding hydrogens is 239 g/mol. The SMILES string of the molecule is Fc1cc(Cc2cccnc2)ccc1CNC1CC1. The van der Waals surface area contributed by atoms with Gasteiger partial charge >= 0.3 is 0 Å². The van der Waals surface area contributed by atoms with Gasteiger partial charge in [0.15, 0.2) is 0 Å². The topological polar surface area (TPSA) is 24.9 Å². The first-order valence-corrected chi connectivity index (χ1v) is 6.71. The lowest BCUT2D eigenvalue weighted by atomic mass is 10.0. The van der Waals surface area contributed by atoms with E-state index in [1.807, 2.05) is 30.5 Å². The van der Waals surface area contributed by atoms with E-state index in [0.717, 1.165) is 23.1 Å². The Morgan fingerprint density at radius 3 is 2.79 bits per heavy atom. The average Bonchev–Trinajstić information content (AvgIpc) is 3.23. The minimum Gasteiger partial charge on any atom is -0.310 e. The molecule has 0 atom stereocenters. The van der Waals surface area contributed by atoms with Gasteiger partial charge in [-0.3, -0.25) is 4.98 Å². The van der Waals surface area contributed by atoms with Gasteiger partial charge in [-0.05, 0) is 42.5 Å². The standard InChI is InChI=1S/C16H17FN2/c17-16-9-12(8-13-2-1-7-18-10-13)3-4-14(16)11-19-15-5-6-15/h1-4,7,9-10,15,19H,5-6,8,11H2. The van der Waals surface area contributed by atoms with Crippen molar-refractivity contribution in [3.63, 3.8) is 0 Å². The average molecular weight is 256 g/mol. The molecule has 1 saturated carbocycles. The van der Waals surface area contributed by atoms with Crippen molar-refractivity contribution in [2.75, 3.05) is 0 Å². The van der Waals surface area contributed by atoms with Crippen LogP contribution in [0.2, 0.25) is 0 Å². The summed E-state index contributed by atoms with van der Waals surface area (Å²) in [5.74, 6) is -0.116. The molecule has 1 fully saturated rings. The molecule has 1 heterocycles. The molecule has 0 aliphatic heterocycles. The van der Waals surface area contributed by atoms with E-state index in [-0.39, 0.29) is 5.82 Å². The zero-order chi connectivity index (χ0) is 13.1. The number of benzene rings is 1. The first-order chi connectivity index (χ1) is 9.31. The van der Waals surface area contributed by atoms with E-state index in [9.17, 15) is 4.39 Å². The summed E-state index contributed by atoms with van der Waals surface area (Å²) < 4.78 is 14.0. The third kappa shape index (κ3) is 3.38. The van der Waals surface area contributed by atoms with Crippen molar-refractivity contribution in [1.82, 2.24) is 10.3 Å². The fraction of sp³-hybridized carbons (Fsp3) is 0.312. The van der Waals surface area contributed by atoms with E-state index in [4.69, 9.17) is 0 Å². The molecule has 2 aromatic rings. The van der Waals surface area contributed by atoms with Crippen molar-refractivity contribution in [3.05, 3.63) is 65.2 Å². The van der Waals surface area contributed by atoms with Gasteiger partial charge in [0.1, 0.15) is 5.82 Å². The second kappa shape index (κ2) is 5.49. The summed E-state index contributed by atoms with van der Waals surface area (Å²) in [4.78, 5) is 4.07. The van der Waals surface area contributed by atoms with Crippen molar-refractivity contribution in [3.8, 4) is 0 Å². The molecule has 0 bridgehead atoms. The van der Waals surface area contributed by atoms with Gasteiger partial charge in [0.05, 0.1) is 0 Å². The smallest absolute Gasteiger partial charge is 0.127 e. The van der Waals surface area contributed by atoms with Gasteiger partial charge in [-0.25, -0.2) is 4.39 Å². The predicted octanol–water partition coefficient (Wildman–Crippen LogP) is 3.06. The van der Waals surface area contributed by atoms with Gasteiger partial charge in [-0.15, -0.1) is 0 Å². The van der Waals surface area contributed by atoms with Crippen molar-refractivity contribution < 1.29 is 4.39 Å². The molecule has 3 heteroatoms. The van der Waals surface area contributed by atoms with Crippen molar-refractivity contribution in [1.29, 1.82) is 0 Å². The summed E-state index contributed by atoms with van der Waals surface area (Å²) in [5.41, 5.74) is 2.84. The van der Waals surface area contributed by atoms with Crippen LogP contribution in [0, 0.1) is 5.82 Å². The molecule has 1 aliphatic rings. The largest absolute Gasteiger partial charge is 0.310 e. The molecule has 0 unspecified atom stereocenters. The highest BCUT2D eigenvalue weighted by molar-refractivity contribution is 5.28. The Kier molecular flexibility index (Phi) is 3.56. The van der Waals surface area contributed by atoms with E-state index in [1.54, 1.807) is 12.3 Å². The molecule has 98 valence electrons. The number of nitrogens with one attached hydrogen (secondary N) is 1. The van der Waals surface area contributed by atoms with Crippen LogP contribution in [0.3, 0.4) is 0 Å². The van der Waals surface area contributed by atoms with Crippen molar-refractivity contribution in [2.24, 2.45) is 0 Å². The lowest BCUT2D eigenvalue weighted by molar-refractivity contribution is 0.585. The Morgan fingerprint density at radius 1 is 1.21 bits per heavy atom. The minimum atomic E-state index is -0.116. The first kappa shape index (κ1) is 12.3. The fourth-order valence-electron chi connectivity index (χ4n) is 2.12. The molecule has 0 radical (unpaired) electrons. The summed E-state index contributed by atoms with van der Waals surface area (Å²) in [6.07, 6.45) is 6.74. The molecule has 1 N–H and O–H groups in total. The summed E-state index contributed by atoms with van der Waals surface area (Å²) >= 11 is 0. The predicted molar refractivity (Wildman–Crippen MR) is 73.3 cm³/mol. The Labute approximate surface area is 112 Å². The maximum Gasteiger partial charge on any atom is 0.127 e. The van der Waals surface area contributed by atoms with Gasteiger partial charge < -0.3 is 5.32 Å². The van der Waals surface area contributed by atoms with Crippen LogP contribution in [-0.2, 0) is 13.0 Å². The highest BCUT2D eigenvalue weighted by atomic mass is 19.1. The fourth-order valence-corrected chi connectivity index (χ4v) is 2.12.